The predicted octanol–water partition coefficient (Wildman–Crippen LogP) is 1.27. The molecule has 0 aliphatic carbocycles. The summed E-state index contributed by atoms with van der Waals surface area (Å²) in [5.41, 5.74) is 0.831. The number of aryl methyl sites for hydroxylation is 1. The molecule has 18 heavy (non-hydrogen) atoms. The van der Waals surface area contributed by atoms with E-state index in [2.05, 4.69) is 15.0 Å². The SMILES string of the molecule is Cc1cccnc1NS(=O)(=O)CC1CCCCN1. The van der Waals surface area contributed by atoms with Gasteiger partial charge < -0.3 is 5.32 Å². The number of sulfonamides is 1. The minimum absolute atomic E-state index is 0.0558. The molecule has 2 N–H and O–H groups in total. The van der Waals surface area contributed by atoms with Crippen molar-refractivity contribution in [3.05, 3.63) is 23.9 Å². The number of piperidine rings is 1. The summed E-state index contributed by atoms with van der Waals surface area (Å²) in [4.78, 5) is 4.05. The van der Waals surface area contributed by atoms with Gasteiger partial charge in [-0.05, 0) is 37.9 Å². The third kappa shape index (κ3) is 3.68. The lowest BCUT2D eigenvalue weighted by Gasteiger charge is -2.23. The fourth-order valence-corrected chi connectivity index (χ4v) is 3.52. The Balaban J connectivity index is 2.01. The largest absolute Gasteiger partial charge is 0.313 e. The Labute approximate surface area is 108 Å². The Morgan fingerprint density at radius 3 is 3.00 bits per heavy atom. The highest BCUT2D eigenvalue weighted by molar-refractivity contribution is 7.92. The Bertz CT molecular complexity index is 496. The Hall–Kier alpha value is -1.14. The third-order valence-corrected chi connectivity index (χ3v) is 4.44. The Morgan fingerprint density at radius 1 is 1.50 bits per heavy atom. The first-order valence-electron chi connectivity index (χ1n) is 6.22. The van der Waals surface area contributed by atoms with Gasteiger partial charge in [0.2, 0.25) is 10.0 Å². The molecule has 1 aliphatic heterocycles. The van der Waals surface area contributed by atoms with E-state index < -0.39 is 10.0 Å². The van der Waals surface area contributed by atoms with Gasteiger partial charge in [0, 0.05) is 12.2 Å². The van der Waals surface area contributed by atoms with E-state index in [4.69, 9.17) is 0 Å². The second-order valence-electron chi connectivity index (χ2n) is 4.70. The molecule has 1 saturated heterocycles. The van der Waals surface area contributed by atoms with Crippen molar-refractivity contribution in [3.63, 3.8) is 0 Å². The number of nitrogens with one attached hydrogen (secondary N) is 2. The van der Waals surface area contributed by atoms with Crippen LogP contribution in [-0.4, -0.2) is 31.7 Å². The molecule has 0 spiro atoms. The standard InChI is InChI=1S/C12H19N3O2S/c1-10-5-4-8-14-12(10)15-18(16,17)9-11-6-2-3-7-13-11/h4-5,8,11,13H,2-3,6-7,9H2,1H3,(H,14,15). The van der Waals surface area contributed by atoms with Gasteiger partial charge in [0.15, 0.2) is 0 Å². The molecule has 2 rings (SSSR count). The lowest BCUT2D eigenvalue weighted by atomic mass is 10.1. The van der Waals surface area contributed by atoms with Gasteiger partial charge in [-0.3, -0.25) is 4.72 Å². The fourth-order valence-electron chi connectivity index (χ4n) is 2.11. The van der Waals surface area contributed by atoms with E-state index in [1.807, 2.05) is 13.0 Å². The van der Waals surface area contributed by atoms with E-state index in [1.54, 1.807) is 12.3 Å². The predicted molar refractivity (Wildman–Crippen MR) is 72.0 cm³/mol. The van der Waals surface area contributed by atoms with Crippen LogP contribution in [0, 0.1) is 6.92 Å². The van der Waals surface area contributed by atoms with Crippen molar-refractivity contribution in [3.8, 4) is 0 Å². The van der Waals surface area contributed by atoms with Gasteiger partial charge in [-0.15, -0.1) is 0 Å². The molecule has 0 saturated carbocycles. The molecule has 0 bridgehead atoms. The molecule has 0 radical (unpaired) electrons. The molecular formula is C12H19N3O2S. The highest BCUT2D eigenvalue weighted by Crippen LogP contribution is 2.14. The number of anilines is 1. The summed E-state index contributed by atoms with van der Waals surface area (Å²) < 4.78 is 26.6. The van der Waals surface area contributed by atoms with E-state index in [-0.39, 0.29) is 11.8 Å². The maximum absolute atomic E-state index is 12.0. The van der Waals surface area contributed by atoms with Crippen molar-refractivity contribution in [2.45, 2.75) is 32.2 Å². The number of rotatable bonds is 4. The van der Waals surface area contributed by atoms with Crippen LogP contribution < -0.4 is 10.0 Å². The number of aromatic nitrogens is 1. The van der Waals surface area contributed by atoms with Crippen molar-refractivity contribution in [2.75, 3.05) is 17.0 Å². The normalized spacial score (nSPS) is 20.6. The van der Waals surface area contributed by atoms with E-state index in [0.29, 0.717) is 5.82 Å². The summed E-state index contributed by atoms with van der Waals surface area (Å²) in [5, 5.41) is 3.24. The van der Waals surface area contributed by atoms with Gasteiger partial charge in [0.05, 0.1) is 5.75 Å². The smallest absolute Gasteiger partial charge is 0.235 e. The third-order valence-electron chi connectivity index (χ3n) is 3.09. The number of hydrogen-bond acceptors (Lipinski definition) is 4. The van der Waals surface area contributed by atoms with Crippen LogP contribution in [0.15, 0.2) is 18.3 Å². The molecule has 2 heterocycles. The van der Waals surface area contributed by atoms with Crippen molar-refractivity contribution < 1.29 is 8.42 Å². The summed E-state index contributed by atoms with van der Waals surface area (Å²) in [6, 6.07) is 3.68. The molecule has 1 aliphatic rings. The zero-order valence-corrected chi connectivity index (χ0v) is 11.3. The van der Waals surface area contributed by atoms with Gasteiger partial charge in [0.1, 0.15) is 5.82 Å². The molecule has 0 amide bonds. The first-order valence-corrected chi connectivity index (χ1v) is 7.87. The second kappa shape index (κ2) is 5.67. The molecule has 1 atom stereocenters. The molecular weight excluding hydrogens is 250 g/mol. The number of pyridine rings is 1. The molecule has 1 fully saturated rings. The molecule has 6 heteroatoms. The number of hydrogen-bond donors (Lipinski definition) is 2. The molecule has 1 unspecified atom stereocenters. The lowest BCUT2D eigenvalue weighted by Crippen LogP contribution is -2.40. The van der Waals surface area contributed by atoms with Gasteiger partial charge in [0.25, 0.3) is 0 Å². The van der Waals surface area contributed by atoms with Gasteiger partial charge in [-0.1, -0.05) is 12.5 Å². The maximum atomic E-state index is 12.0. The summed E-state index contributed by atoms with van der Waals surface area (Å²) >= 11 is 0. The van der Waals surface area contributed by atoms with Crippen LogP contribution in [0.5, 0.6) is 0 Å². The average Bonchev–Trinajstić information content (AvgIpc) is 2.32. The number of nitrogens with zero attached hydrogens (tertiary/aromatic N) is 1. The van der Waals surface area contributed by atoms with Crippen molar-refractivity contribution in [1.29, 1.82) is 0 Å². The van der Waals surface area contributed by atoms with Gasteiger partial charge >= 0.3 is 0 Å². The van der Waals surface area contributed by atoms with E-state index in [1.165, 1.54) is 0 Å². The zero-order valence-electron chi connectivity index (χ0n) is 10.5. The van der Waals surface area contributed by atoms with Crippen molar-refractivity contribution in [1.82, 2.24) is 10.3 Å². The van der Waals surface area contributed by atoms with Crippen LogP contribution in [0.25, 0.3) is 0 Å². The van der Waals surface area contributed by atoms with Crippen LogP contribution in [-0.2, 0) is 10.0 Å². The molecule has 5 nitrogen and oxygen atoms in total. The summed E-state index contributed by atoms with van der Waals surface area (Å²) in [7, 11) is -3.33. The van der Waals surface area contributed by atoms with Crippen LogP contribution in [0.3, 0.4) is 0 Å². The van der Waals surface area contributed by atoms with Crippen LogP contribution >= 0.6 is 0 Å². The van der Waals surface area contributed by atoms with Crippen molar-refractivity contribution >= 4 is 15.8 Å². The first kappa shape index (κ1) is 13.3. The second-order valence-corrected chi connectivity index (χ2v) is 6.47. The van der Waals surface area contributed by atoms with Crippen LogP contribution in [0.2, 0.25) is 0 Å². The fraction of sp³-hybridized carbons (Fsp3) is 0.583. The minimum Gasteiger partial charge on any atom is -0.313 e. The summed E-state index contributed by atoms with van der Waals surface area (Å²) in [5.74, 6) is 0.538. The topological polar surface area (TPSA) is 71.1 Å². The molecule has 1 aromatic heterocycles. The Morgan fingerprint density at radius 2 is 2.33 bits per heavy atom. The minimum atomic E-state index is -3.33. The highest BCUT2D eigenvalue weighted by Gasteiger charge is 2.21. The highest BCUT2D eigenvalue weighted by atomic mass is 32.2. The lowest BCUT2D eigenvalue weighted by molar-refractivity contribution is 0.424. The van der Waals surface area contributed by atoms with Gasteiger partial charge in [-0.2, -0.15) is 0 Å². The molecule has 0 aromatic carbocycles. The molecule has 1 aromatic rings. The van der Waals surface area contributed by atoms with E-state index in [9.17, 15) is 8.42 Å². The summed E-state index contributed by atoms with van der Waals surface area (Å²) in [6.07, 6.45) is 4.73. The monoisotopic (exact) mass is 269 g/mol. The average molecular weight is 269 g/mol. The van der Waals surface area contributed by atoms with Crippen LogP contribution in [0.1, 0.15) is 24.8 Å². The molecule has 100 valence electrons. The van der Waals surface area contributed by atoms with Crippen LogP contribution in [0.4, 0.5) is 5.82 Å². The van der Waals surface area contributed by atoms with E-state index >= 15 is 0 Å². The van der Waals surface area contributed by atoms with E-state index in [0.717, 1.165) is 31.4 Å². The Kier molecular flexibility index (Phi) is 4.19. The maximum Gasteiger partial charge on any atom is 0.235 e. The van der Waals surface area contributed by atoms with Gasteiger partial charge in [-0.25, -0.2) is 13.4 Å². The zero-order chi connectivity index (χ0) is 13.0. The van der Waals surface area contributed by atoms with Crippen molar-refractivity contribution in [2.24, 2.45) is 0 Å². The quantitative estimate of drug-likeness (QED) is 0.863. The first-order chi connectivity index (χ1) is 8.57. The summed E-state index contributed by atoms with van der Waals surface area (Å²) in [6.45, 7) is 2.74.